The van der Waals surface area contributed by atoms with Gasteiger partial charge in [-0.05, 0) is 23.3 Å². The second-order valence-electron chi connectivity index (χ2n) is 4.48. The first-order chi connectivity index (χ1) is 10.5. The number of carbonyl (C=O) groups excluding carboxylic acids is 1. The van der Waals surface area contributed by atoms with Crippen LogP contribution in [0.2, 0.25) is 0 Å². The van der Waals surface area contributed by atoms with E-state index in [1.807, 2.05) is 18.2 Å². The maximum absolute atomic E-state index is 10.8. The Morgan fingerprint density at radius 3 is 1.95 bits per heavy atom. The molecular formula is C17H18O5. The summed E-state index contributed by atoms with van der Waals surface area (Å²) in [4.78, 5) is 21.0. The molecule has 0 aromatic heterocycles. The van der Waals surface area contributed by atoms with E-state index in [-0.39, 0.29) is 24.6 Å². The summed E-state index contributed by atoms with van der Waals surface area (Å²) in [6, 6.07) is 15.6. The van der Waals surface area contributed by atoms with E-state index in [4.69, 9.17) is 10.2 Å². The van der Waals surface area contributed by atoms with E-state index in [0.29, 0.717) is 0 Å². The van der Waals surface area contributed by atoms with Crippen LogP contribution in [0, 0.1) is 0 Å². The van der Waals surface area contributed by atoms with E-state index in [9.17, 15) is 9.59 Å². The molecule has 0 bridgehead atoms. The number of methoxy groups -OCH3 is 1. The van der Waals surface area contributed by atoms with Crippen molar-refractivity contribution in [2.75, 3.05) is 7.11 Å². The number of aromatic hydroxyl groups is 1. The number of rotatable bonds is 4. The number of phenols is 1. The summed E-state index contributed by atoms with van der Waals surface area (Å²) in [5, 5.41) is 17.3. The van der Waals surface area contributed by atoms with Gasteiger partial charge in [0.05, 0.1) is 20.0 Å². The molecule has 0 amide bonds. The molecule has 0 fully saturated rings. The fourth-order valence-electron chi connectivity index (χ4n) is 1.62. The molecule has 116 valence electrons. The number of carboxylic acid groups (broad SMARTS) is 1. The summed E-state index contributed by atoms with van der Waals surface area (Å²) in [7, 11) is 1.35. The van der Waals surface area contributed by atoms with Crippen molar-refractivity contribution < 1.29 is 24.5 Å². The van der Waals surface area contributed by atoms with Crippen LogP contribution in [0.1, 0.15) is 11.1 Å². The van der Waals surface area contributed by atoms with Gasteiger partial charge in [-0.15, -0.1) is 0 Å². The Labute approximate surface area is 128 Å². The number of aliphatic carboxylic acids is 1. The van der Waals surface area contributed by atoms with E-state index in [2.05, 4.69) is 4.74 Å². The lowest BCUT2D eigenvalue weighted by Gasteiger charge is -1.99. The molecule has 2 aromatic rings. The zero-order valence-corrected chi connectivity index (χ0v) is 12.2. The van der Waals surface area contributed by atoms with Crippen LogP contribution < -0.4 is 0 Å². The number of phenolic OH excluding ortho intramolecular Hbond substituents is 1. The zero-order chi connectivity index (χ0) is 16.4. The van der Waals surface area contributed by atoms with Crippen LogP contribution in [-0.2, 0) is 27.2 Å². The van der Waals surface area contributed by atoms with Crippen LogP contribution in [0.5, 0.6) is 5.75 Å². The first-order valence-corrected chi connectivity index (χ1v) is 6.61. The fourth-order valence-corrected chi connectivity index (χ4v) is 1.62. The second kappa shape index (κ2) is 9.18. The van der Waals surface area contributed by atoms with Gasteiger partial charge in [-0.3, -0.25) is 9.59 Å². The van der Waals surface area contributed by atoms with Crippen molar-refractivity contribution in [2.45, 2.75) is 12.8 Å². The van der Waals surface area contributed by atoms with Gasteiger partial charge in [0.1, 0.15) is 5.75 Å². The topological polar surface area (TPSA) is 83.8 Å². The highest BCUT2D eigenvalue weighted by atomic mass is 16.5. The Bertz CT molecular complexity index is 590. The van der Waals surface area contributed by atoms with Crippen molar-refractivity contribution >= 4 is 11.9 Å². The predicted octanol–water partition coefficient (Wildman–Crippen LogP) is 2.42. The van der Waals surface area contributed by atoms with E-state index in [1.165, 1.54) is 19.2 Å². The smallest absolute Gasteiger partial charge is 0.309 e. The summed E-state index contributed by atoms with van der Waals surface area (Å²) < 4.78 is 4.48. The molecule has 0 saturated carbocycles. The Balaban J connectivity index is 0.000000224. The average Bonchev–Trinajstić information content (AvgIpc) is 2.50. The largest absolute Gasteiger partial charge is 0.508 e. The molecule has 0 atom stereocenters. The highest BCUT2D eigenvalue weighted by molar-refractivity contribution is 5.72. The molecule has 0 aliphatic heterocycles. The Morgan fingerprint density at radius 2 is 1.45 bits per heavy atom. The van der Waals surface area contributed by atoms with Gasteiger partial charge in [-0.2, -0.15) is 0 Å². The first-order valence-electron chi connectivity index (χ1n) is 6.61. The summed E-state index contributed by atoms with van der Waals surface area (Å²) in [5.41, 5.74) is 1.68. The van der Waals surface area contributed by atoms with Gasteiger partial charge in [0, 0.05) is 0 Å². The molecule has 0 spiro atoms. The minimum absolute atomic E-state index is 0.112. The van der Waals surface area contributed by atoms with Gasteiger partial charge in [0.15, 0.2) is 0 Å². The molecule has 2 N–H and O–H groups in total. The Hall–Kier alpha value is -2.82. The lowest BCUT2D eigenvalue weighted by molar-refractivity contribution is -0.140. The van der Waals surface area contributed by atoms with Gasteiger partial charge in [0.2, 0.25) is 0 Å². The van der Waals surface area contributed by atoms with Crippen molar-refractivity contribution in [3.05, 3.63) is 65.7 Å². The van der Waals surface area contributed by atoms with Crippen molar-refractivity contribution in [1.82, 2.24) is 0 Å². The van der Waals surface area contributed by atoms with Crippen molar-refractivity contribution in [2.24, 2.45) is 0 Å². The molecule has 5 nitrogen and oxygen atoms in total. The quantitative estimate of drug-likeness (QED) is 0.847. The molecule has 2 rings (SSSR count). The minimum atomic E-state index is -0.786. The monoisotopic (exact) mass is 302 g/mol. The van der Waals surface area contributed by atoms with E-state index < -0.39 is 5.97 Å². The molecule has 0 aliphatic rings. The van der Waals surface area contributed by atoms with E-state index >= 15 is 0 Å². The van der Waals surface area contributed by atoms with Gasteiger partial charge < -0.3 is 14.9 Å². The summed E-state index contributed by atoms with van der Waals surface area (Å²) in [6.07, 6.45) is 0.359. The maximum Gasteiger partial charge on any atom is 0.309 e. The highest BCUT2D eigenvalue weighted by Crippen LogP contribution is 2.10. The number of carboxylic acids is 1. The predicted molar refractivity (Wildman–Crippen MR) is 81.6 cm³/mol. The van der Waals surface area contributed by atoms with Crippen LogP contribution in [0.4, 0.5) is 0 Å². The third kappa shape index (κ3) is 7.09. The molecule has 0 aliphatic carbocycles. The lowest BCUT2D eigenvalue weighted by Crippen LogP contribution is -2.03. The van der Waals surface area contributed by atoms with Crippen molar-refractivity contribution in [3.63, 3.8) is 0 Å². The fraction of sp³-hybridized carbons (Fsp3) is 0.176. The van der Waals surface area contributed by atoms with Crippen LogP contribution >= 0.6 is 0 Å². The van der Waals surface area contributed by atoms with Gasteiger partial charge in [-0.25, -0.2) is 0 Å². The van der Waals surface area contributed by atoms with Crippen molar-refractivity contribution in [3.8, 4) is 5.75 Å². The molecule has 2 aromatic carbocycles. The highest BCUT2D eigenvalue weighted by Gasteiger charge is 2.01. The van der Waals surface area contributed by atoms with Crippen LogP contribution in [0.15, 0.2) is 54.6 Å². The SMILES string of the molecule is COC(=O)Cc1ccc(O)cc1.O=C(O)Cc1ccccc1. The van der Waals surface area contributed by atoms with Crippen LogP contribution in [0.3, 0.4) is 0 Å². The summed E-state index contributed by atoms with van der Waals surface area (Å²) in [6.45, 7) is 0. The van der Waals surface area contributed by atoms with Gasteiger partial charge >= 0.3 is 11.9 Å². The van der Waals surface area contributed by atoms with E-state index in [0.717, 1.165) is 11.1 Å². The molecule has 0 saturated heterocycles. The first kappa shape index (κ1) is 17.2. The number of hydrogen-bond donors (Lipinski definition) is 2. The van der Waals surface area contributed by atoms with Crippen LogP contribution in [-0.4, -0.2) is 29.3 Å². The number of esters is 1. The third-order valence-corrected chi connectivity index (χ3v) is 2.71. The van der Waals surface area contributed by atoms with Gasteiger partial charge in [-0.1, -0.05) is 42.5 Å². The van der Waals surface area contributed by atoms with Gasteiger partial charge in [0.25, 0.3) is 0 Å². The van der Waals surface area contributed by atoms with E-state index in [1.54, 1.807) is 24.3 Å². The molecule has 22 heavy (non-hydrogen) atoms. The second-order valence-corrected chi connectivity index (χ2v) is 4.48. The Morgan fingerprint density at radius 1 is 0.909 bits per heavy atom. The molecule has 0 heterocycles. The number of benzene rings is 2. The average molecular weight is 302 g/mol. The summed E-state index contributed by atoms with van der Waals surface area (Å²) >= 11 is 0. The summed E-state index contributed by atoms with van der Waals surface area (Å²) in [5.74, 6) is -0.865. The maximum atomic E-state index is 10.8. The van der Waals surface area contributed by atoms with Crippen molar-refractivity contribution in [1.29, 1.82) is 0 Å². The Kier molecular flexibility index (Phi) is 7.19. The molecule has 0 unspecified atom stereocenters. The zero-order valence-electron chi connectivity index (χ0n) is 12.2. The molecule has 5 heteroatoms. The molecule has 0 radical (unpaired) electrons. The molecular weight excluding hydrogens is 284 g/mol. The third-order valence-electron chi connectivity index (χ3n) is 2.71. The number of carbonyl (C=O) groups is 2. The lowest BCUT2D eigenvalue weighted by atomic mass is 10.1. The normalized spacial score (nSPS) is 9.32. The minimum Gasteiger partial charge on any atom is -0.508 e. The number of ether oxygens (including phenoxy) is 1. The standard InChI is InChI=1S/C9H10O3.C8H8O2/c1-12-9(11)6-7-2-4-8(10)5-3-7;9-8(10)6-7-4-2-1-3-5-7/h2-5,10H,6H2,1H3;1-5H,6H2,(H,9,10). The van der Waals surface area contributed by atoms with Crippen LogP contribution in [0.25, 0.3) is 0 Å². The number of hydrogen-bond acceptors (Lipinski definition) is 4.